The van der Waals surface area contributed by atoms with Gasteiger partial charge in [-0.25, -0.2) is 13.1 Å². The lowest BCUT2D eigenvalue weighted by molar-refractivity contribution is 0.383. The van der Waals surface area contributed by atoms with Gasteiger partial charge in [-0.1, -0.05) is 42.4 Å². The van der Waals surface area contributed by atoms with Crippen LogP contribution in [-0.4, -0.2) is 25.1 Å². The molecule has 0 saturated carbocycles. The SMILES string of the molecule is CCc1nc(-c2cc(S(=O)(=O)NCCc3ccccc3)c(C)s2)no1. The fourth-order valence-corrected chi connectivity index (χ4v) is 4.94. The van der Waals surface area contributed by atoms with Crippen molar-refractivity contribution in [2.75, 3.05) is 6.54 Å². The van der Waals surface area contributed by atoms with E-state index in [1.165, 1.54) is 11.3 Å². The molecule has 0 amide bonds. The van der Waals surface area contributed by atoms with Gasteiger partial charge in [0.05, 0.1) is 9.77 Å². The number of rotatable bonds is 7. The highest BCUT2D eigenvalue weighted by molar-refractivity contribution is 7.89. The van der Waals surface area contributed by atoms with Crippen molar-refractivity contribution in [2.45, 2.75) is 31.6 Å². The largest absolute Gasteiger partial charge is 0.339 e. The van der Waals surface area contributed by atoms with E-state index in [0.717, 1.165) is 5.56 Å². The average Bonchev–Trinajstić information content (AvgIpc) is 3.22. The molecule has 0 unspecified atom stereocenters. The Bertz CT molecular complexity index is 947. The Hall–Kier alpha value is -2.03. The van der Waals surface area contributed by atoms with Crippen molar-refractivity contribution >= 4 is 21.4 Å². The van der Waals surface area contributed by atoms with E-state index < -0.39 is 10.0 Å². The quantitative estimate of drug-likeness (QED) is 0.683. The zero-order valence-electron chi connectivity index (χ0n) is 14.0. The maximum atomic E-state index is 12.6. The molecule has 0 aliphatic heterocycles. The number of nitrogens with zero attached hydrogens (tertiary/aromatic N) is 2. The summed E-state index contributed by atoms with van der Waals surface area (Å²) in [5.74, 6) is 0.960. The van der Waals surface area contributed by atoms with Gasteiger partial charge in [-0.05, 0) is 25.0 Å². The summed E-state index contributed by atoms with van der Waals surface area (Å²) in [4.78, 5) is 5.91. The topological polar surface area (TPSA) is 85.1 Å². The number of sulfonamides is 1. The van der Waals surface area contributed by atoms with Gasteiger partial charge < -0.3 is 4.52 Å². The molecule has 0 bridgehead atoms. The summed E-state index contributed by atoms with van der Waals surface area (Å²) in [7, 11) is -3.57. The Kier molecular flexibility index (Phi) is 5.31. The van der Waals surface area contributed by atoms with Crippen molar-refractivity contribution in [1.29, 1.82) is 0 Å². The van der Waals surface area contributed by atoms with E-state index in [4.69, 9.17) is 4.52 Å². The van der Waals surface area contributed by atoms with E-state index in [1.807, 2.05) is 37.3 Å². The van der Waals surface area contributed by atoms with E-state index in [-0.39, 0.29) is 4.90 Å². The first-order chi connectivity index (χ1) is 12.0. The summed E-state index contributed by atoms with van der Waals surface area (Å²) in [6.07, 6.45) is 1.28. The highest BCUT2D eigenvalue weighted by Gasteiger charge is 2.21. The van der Waals surface area contributed by atoms with E-state index in [1.54, 1.807) is 13.0 Å². The molecule has 0 radical (unpaired) electrons. The number of aryl methyl sites for hydroxylation is 2. The molecule has 132 valence electrons. The summed E-state index contributed by atoms with van der Waals surface area (Å²) >= 11 is 1.34. The molecule has 0 spiro atoms. The van der Waals surface area contributed by atoms with Crippen LogP contribution in [0.2, 0.25) is 0 Å². The van der Waals surface area contributed by atoms with E-state index in [0.29, 0.717) is 40.9 Å². The molecule has 0 fully saturated rings. The third-order valence-electron chi connectivity index (χ3n) is 3.70. The molecular formula is C17H19N3O3S2. The molecule has 0 saturated heterocycles. The van der Waals surface area contributed by atoms with Crippen molar-refractivity contribution in [1.82, 2.24) is 14.9 Å². The number of hydrogen-bond donors (Lipinski definition) is 1. The van der Waals surface area contributed by atoms with Crippen LogP contribution in [-0.2, 0) is 22.9 Å². The number of hydrogen-bond acceptors (Lipinski definition) is 6. The van der Waals surface area contributed by atoms with Gasteiger partial charge in [0, 0.05) is 17.8 Å². The zero-order valence-corrected chi connectivity index (χ0v) is 15.7. The summed E-state index contributed by atoms with van der Waals surface area (Å²) in [6, 6.07) is 11.4. The third-order valence-corrected chi connectivity index (χ3v) is 6.46. The van der Waals surface area contributed by atoms with Crippen molar-refractivity contribution < 1.29 is 12.9 Å². The van der Waals surface area contributed by atoms with Gasteiger partial charge in [0.2, 0.25) is 21.7 Å². The van der Waals surface area contributed by atoms with Gasteiger partial charge in [0.25, 0.3) is 0 Å². The van der Waals surface area contributed by atoms with Crippen molar-refractivity contribution in [3.63, 3.8) is 0 Å². The maximum absolute atomic E-state index is 12.6. The lowest BCUT2D eigenvalue weighted by Gasteiger charge is -2.06. The molecule has 2 heterocycles. The Morgan fingerprint density at radius 1 is 1.24 bits per heavy atom. The minimum atomic E-state index is -3.57. The van der Waals surface area contributed by atoms with Gasteiger partial charge in [0.15, 0.2) is 0 Å². The van der Waals surface area contributed by atoms with E-state index in [9.17, 15) is 8.42 Å². The predicted molar refractivity (Wildman–Crippen MR) is 97.1 cm³/mol. The first kappa shape index (κ1) is 17.8. The van der Waals surface area contributed by atoms with Crippen LogP contribution in [0.15, 0.2) is 45.8 Å². The molecule has 0 aliphatic carbocycles. The summed E-state index contributed by atoms with van der Waals surface area (Å²) in [5.41, 5.74) is 1.09. The van der Waals surface area contributed by atoms with E-state index in [2.05, 4.69) is 14.9 Å². The zero-order chi connectivity index (χ0) is 17.9. The van der Waals surface area contributed by atoms with Crippen LogP contribution >= 0.6 is 11.3 Å². The molecule has 3 rings (SSSR count). The minimum Gasteiger partial charge on any atom is -0.339 e. The fraction of sp³-hybridized carbons (Fsp3) is 0.294. The lowest BCUT2D eigenvalue weighted by atomic mass is 10.2. The molecule has 25 heavy (non-hydrogen) atoms. The number of aromatic nitrogens is 2. The first-order valence-electron chi connectivity index (χ1n) is 7.96. The summed E-state index contributed by atoms with van der Waals surface area (Å²) in [5, 5.41) is 3.90. The van der Waals surface area contributed by atoms with Crippen LogP contribution in [0.25, 0.3) is 10.7 Å². The normalized spacial score (nSPS) is 11.8. The minimum absolute atomic E-state index is 0.267. The van der Waals surface area contributed by atoms with Crippen LogP contribution in [0.5, 0.6) is 0 Å². The second kappa shape index (κ2) is 7.47. The van der Waals surface area contributed by atoms with E-state index >= 15 is 0 Å². The number of nitrogens with one attached hydrogen (secondary N) is 1. The van der Waals surface area contributed by atoms with Crippen molar-refractivity contribution in [3.05, 3.63) is 52.7 Å². The Morgan fingerprint density at radius 3 is 2.68 bits per heavy atom. The molecule has 0 atom stereocenters. The third kappa shape index (κ3) is 4.15. The van der Waals surface area contributed by atoms with Gasteiger partial charge >= 0.3 is 0 Å². The van der Waals surface area contributed by atoms with Gasteiger partial charge in [-0.2, -0.15) is 4.98 Å². The second-order valence-corrected chi connectivity index (χ2v) is 8.52. The standard InChI is InChI=1S/C17H19N3O3S2/c1-3-16-19-17(20-23-16)14-11-15(12(2)24-14)25(21,22)18-10-9-13-7-5-4-6-8-13/h4-8,11,18H,3,9-10H2,1-2H3. The van der Waals surface area contributed by atoms with Crippen LogP contribution in [0.3, 0.4) is 0 Å². The van der Waals surface area contributed by atoms with Gasteiger partial charge in [0.1, 0.15) is 0 Å². The molecule has 8 heteroatoms. The average molecular weight is 377 g/mol. The van der Waals surface area contributed by atoms with Crippen molar-refractivity contribution in [3.8, 4) is 10.7 Å². The lowest BCUT2D eigenvalue weighted by Crippen LogP contribution is -2.26. The van der Waals surface area contributed by atoms with Crippen LogP contribution < -0.4 is 4.72 Å². The number of benzene rings is 1. The Labute approximate surface area is 151 Å². The fourth-order valence-electron chi connectivity index (χ4n) is 2.39. The Balaban J connectivity index is 1.73. The molecule has 1 aromatic carbocycles. The highest BCUT2D eigenvalue weighted by Crippen LogP contribution is 2.32. The highest BCUT2D eigenvalue weighted by atomic mass is 32.2. The second-order valence-electron chi connectivity index (χ2n) is 5.53. The van der Waals surface area contributed by atoms with Gasteiger partial charge in [-0.3, -0.25) is 0 Å². The molecule has 3 aromatic rings. The van der Waals surface area contributed by atoms with Crippen LogP contribution in [0, 0.1) is 6.92 Å². The van der Waals surface area contributed by atoms with Gasteiger partial charge in [-0.15, -0.1) is 11.3 Å². The predicted octanol–water partition coefficient (Wildman–Crippen LogP) is 3.19. The summed E-state index contributed by atoms with van der Waals surface area (Å²) < 4.78 is 32.9. The molecular weight excluding hydrogens is 358 g/mol. The molecule has 6 nitrogen and oxygen atoms in total. The molecule has 2 aromatic heterocycles. The van der Waals surface area contributed by atoms with Crippen molar-refractivity contribution in [2.24, 2.45) is 0 Å². The smallest absolute Gasteiger partial charge is 0.241 e. The number of thiophene rings is 1. The maximum Gasteiger partial charge on any atom is 0.241 e. The summed E-state index contributed by atoms with van der Waals surface area (Å²) in [6.45, 7) is 4.05. The monoisotopic (exact) mass is 377 g/mol. The molecule has 0 aliphatic rings. The van der Waals surface area contributed by atoms with Crippen LogP contribution in [0.1, 0.15) is 23.3 Å². The van der Waals surface area contributed by atoms with Crippen LogP contribution in [0.4, 0.5) is 0 Å². The first-order valence-corrected chi connectivity index (χ1v) is 10.3. The molecule has 1 N–H and O–H groups in total. The Morgan fingerprint density at radius 2 is 2.00 bits per heavy atom.